The van der Waals surface area contributed by atoms with Gasteiger partial charge in [0, 0.05) is 6.08 Å². The Kier molecular flexibility index (Phi) is 9.14. The highest BCUT2D eigenvalue weighted by molar-refractivity contribution is 5.87. The number of carbonyl (C=O) groups excluding carboxylic acids is 1. The van der Waals surface area contributed by atoms with Gasteiger partial charge in [0.05, 0.1) is 24.9 Å². The average molecular weight is 435 g/mol. The molecule has 0 amide bonds. The highest BCUT2D eigenvalue weighted by Crippen LogP contribution is 2.22. The van der Waals surface area contributed by atoms with Crippen molar-refractivity contribution in [2.24, 2.45) is 0 Å². The fourth-order valence-corrected chi connectivity index (χ4v) is 2.68. The number of hydrogen-bond acceptors (Lipinski definition) is 10. The largest absolute Gasteiger partial charge is 0.508 e. The van der Waals surface area contributed by atoms with Crippen LogP contribution in [-0.4, -0.2) is 82.0 Å². The van der Waals surface area contributed by atoms with Gasteiger partial charge in [-0.3, -0.25) is 0 Å². The first-order valence-corrected chi connectivity index (χ1v) is 9.42. The topological polar surface area (TPSA) is 170 Å². The van der Waals surface area contributed by atoms with Gasteiger partial charge in [0.15, 0.2) is 6.29 Å². The van der Waals surface area contributed by atoms with Crippen molar-refractivity contribution in [3.63, 3.8) is 0 Å². The predicted octanol–water partition coefficient (Wildman–Crippen LogP) is -0.477. The highest BCUT2D eigenvalue weighted by Gasteiger charge is 2.43. The molecule has 5 atom stereocenters. The maximum Gasteiger partial charge on any atom is 0.331 e. The number of aliphatic hydroxyl groups excluding tert-OH is 4. The summed E-state index contributed by atoms with van der Waals surface area (Å²) in [5.41, 5.74) is 1.37. The molecule has 1 fully saturated rings. The first-order chi connectivity index (χ1) is 14.8. The SMILES string of the molecule is Cc1ccc(/C=C/C(=O)OC/C(C#N)=C/CO[C@@H]2O[C@H](CO)[C@@H](O)[C@H](O)[C@H]2O)cc1O. The molecule has 5 N–H and O–H groups in total. The highest BCUT2D eigenvalue weighted by atomic mass is 16.7. The van der Waals surface area contributed by atoms with Crippen LogP contribution in [0.1, 0.15) is 11.1 Å². The Morgan fingerprint density at radius 2 is 2.00 bits per heavy atom. The Hall–Kier alpha value is -2.78. The smallest absolute Gasteiger partial charge is 0.331 e. The zero-order chi connectivity index (χ0) is 23.0. The van der Waals surface area contributed by atoms with Crippen molar-refractivity contribution in [1.82, 2.24) is 0 Å². The molecule has 1 aliphatic rings. The lowest BCUT2D eigenvalue weighted by Crippen LogP contribution is -2.59. The van der Waals surface area contributed by atoms with E-state index in [1.807, 2.05) is 6.07 Å². The number of carbonyl (C=O) groups is 1. The molecule has 1 aromatic carbocycles. The zero-order valence-corrected chi connectivity index (χ0v) is 16.8. The minimum Gasteiger partial charge on any atom is -0.508 e. The molecule has 1 saturated heterocycles. The number of benzene rings is 1. The van der Waals surface area contributed by atoms with E-state index in [2.05, 4.69) is 0 Å². The lowest BCUT2D eigenvalue weighted by Gasteiger charge is -2.39. The van der Waals surface area contributed by atoms with Crippen LogP contribution >= 0.6 is 0 Å². The monoisotopic (exact) mass is 435 g/mol. The van der Waals surface area contributed by atoms with Crippen molar-refractivity contribution in [2.45, 2.75) is 37.6 Å². The fourth-order valence-electron chi connectivity index (χ4n) is 2.68. The third kappa shape index (κ3) is 6.86. The summed E-state index contributed by atoms with van der Waals surface area (Å²) in [6, 6.07) is 6.76. The van der Waals surface area contributed by atoms with Gasteiger partial charge in [-0.25, -0.2) is 4.79 Å². The molecule has 168 valence electrons. The standard InChI is InChI=1S/C21H25NO9/c1-12-2-3-13(8-15(12)24)4-5-17(25)30-11-14(9-22)6-7-29-21-20(28)19(27)18(26)16(10-23)31-21/h2-6,8,16,18-21,23-24,26-28H,7,10-11H2,1H3/b5-4+,14-6+/t16-,18-,19+,20-,21-/m1/s1. The van der Waals surface area contributed by atoms with E-state index < -0.39 is 43.3 Å². The van der Waals surface area contributed by atoms with Crippen LogP contribution in [0.4, 0.5) is 0 Å². The fraction of sp³-hybridized carbons (Fsp3) is 0.429. The summed E-state index contributed by atoms with van der Waals surface area (Å²) >= 11 is 0. The van der Waals surface area contributed by atoms with E-state index in [-0.39, 0.29) is 24.5 Å². The number of aromatic hydroxyl groups is 1. The van der Waals surface area contributed by atoms with Gasteiger partial charge in [0.25, 0.3) is 0 Å². The van der Waals surface area contributed by atoms with Gasteiger partial charge in [0.2, 0.25) is 0 Å². The first kappa shape index (κ1) is 24.5. The quantitative estimate of drug-likeness (QED) is 0.204. The number of nitriles is 1. The summed E-state index contributed by atoms with van der Waals surface area (Å²) < 4.78 is 15.4. The number of esters is 1. The van der Waals surface area contributed by atoms with Crippen LogP contribution < -0.4 is 0 Å². The van der Waals surface area contributed by atoms with Crippen LogP contribution in [0.3, 0.4) is 0 Å². The van der Waals surface area contributed by atoms with E-state index in [1.54, 1.807) is 19.1 Å². The number of phenolic OH excluding ortho intramolecular Hbond substituents is 1. The summed E-state index contributed by atoms with van der Waals surface area (Å²) in [5.74, 6) is -0.597. The van der Waals surface area contributed by atoms with E-state index in [0.717, 1.165) is 6.08 Å². The van der Waals surface area contributed by atoms with Crippen LogP contribution in [0.2, 0.25) is 0 Å². The molecule has 1 aromatic rings. The maximum atomic E-state index is 11.8. The number of hydrogen-bond donors (Lipinski definition) is 5. The molecule has 0 aromatic heterocycles. The van der Waals surface area contributed by atoms with E-state index in [9.17, 15) is 25.2 Å². The molecule has 0 unspecified atom stereocenters. The number of rotatable bonds is 8. The third-order valence-corrected chi connectivity index (χ3v) is 4.60. The molecule has 2 rings (SSSR count). The van der Waals surface area contributed by atoms with Crippen LogP contribution in [0, 0.1) is 18.3 Å². The van der Waals surface area contributed by atoms with E-state index >= 15 is 0 Å². The molecule has 10 heteroatoms. The lowest BCUT2D eigenvalue weighted by atomic mass is 9.99. The molecule has 0 aliphatic carbocycles. The zero-order valence-electron chi connectivity index (χ0n) is 16.8. The number of phenols is 1. The summed E-state index contributed by atoms with van der Waals surface area (Å²) in [5, 5.41) is 57.3. The summed E-state index contributed by atoms with van der Waals surface area (Å²) in [6.07, 6.45) is -3.14. The van der Waals surface area contributed by atoms with Gasteiger partial charge in [0.1, 0.15) is 36.8 Å². The van der Waals surface area contributed by atoms with Crippen LogP contribution in [-0.2, 0) is 19.0 Å². The average Bonchev–Trinajstić information content (AvgIpc) is 2.76. The normalized spacial score (nSPS) is 26.6. The van der Waals surface area contributed by atoms with E-state index in [4.69, 9.17) is 24.6 Å². The number of ether oxygens (including phenoxy) is 3. The van der Waals surface area contributed by atoms with Crippen molar-refractivity contribution < 1.29 is 44.5 Å². The molecule has 1 aliphatic heterocycles. The first-order valence-electron chi connectivity index (χ1n) is 9.42. The van der Waals surface area contributed by atoms with Crippen LogP contribution in [0.5, 0.6) is 5.75 Å². The Morgan fingerprint density at radius 1 is 1.26 bits per heavy atom. The summed E-state index contributed by atoms with van der Waals surface area (Å²) in [6.45, 7) is 0.613. The molecular weight excluding hydrogens is 410 g/mol. The van der Waals surface area contributed by atoms with Crippen molar-refractivity contribution in [2.75, 3.05) is 19.8 Å². The summed E-state index contributed by atoms with van der Waals surface area (Å²) in [4.78, 5) is 11.8. The van der Waals surface area contributed by atoms with Gasteiger partial charge in [-0.05, 0) is 36.3 Å². The van der Waals surface area contributed by atoms with Crippen molar-refractivity contribution >= 4 is 12.0 Å². The van der Waals surface area contributed by atoms with E-state index in [0.29, 0.717) is 11.1 Å². The number of aryl methyl sites for hydroxylation is 1. The minimum absolute atomic E-state index is 0.0688. The molecule has 0 bridgehead atoms. The molecule has 31 heavy (non-hydrogen) atoms. The summed E-state index contributed by atoms with van der Waals surface area (Å²) in [7, 11) is 0. The molecule has 1 heterocycles. The second kappa shape index (κ2) is 11.6. The van der Waals surface area contributed by atoms with Crippen molar-refractivity contribution in [3.8, 4) is 11.8 Å². The van der Waals surface area contributed by atoms with Gasteiger partial charge in [-0.2, -0.15) is 5.26 Å². The minimum atomic E-state index is -1.57. The van der Waals surface area contributed by atoms with Gasteiger partial charge in [-0.15, -0.1) is 0 Å². The molecule has 0 radical (unpaired) electrons. The number of nitrogens with zero attached hydrogens (tertiary/aromatic N) is 1. The van der Waals surface area contributed by atoms with Crippen LogP contribution in [0.25, 0.3) is 6.08 Å². The number of aliphatic hydroxyl groups is 4. The Balaban J connectivity index is 1.84. The van der Waals surface area contributed by atoms with Gasteiger partial charge >= 0.3 is 5.97 Å². The second-order valence-corrected chi connectivity index (χ2v) is 6.86. The molecule has 10 nitrogen and oxygen atoms in total. The van der Waals surface area contributed by atoms with Gasteiger partial charge < -0.3 is 39.7 Å². The molecular formula is C21H25NO9. The van der Waals surface area contributed by atoms with Crippen molar-refractivity contribution in [1.29, 1.82) is 5.26 Å². The Morgan fingerprint density at radius 3 is 2.65 bits per heavy atom. The molecule has 0 saturated carbocycles. The second-order valence-electron chi connectivity index (χ2n) is 6.86. The van der Waals surface area contributed by atoms with Crippen LogP contribution in [0.15, 0.2) is 35.9 Å². The van der Waals surface area contributed by atoms with Crippen molar-refractivity contribution in [3.05, 3.63) is 47.1 Å². The third-order valence-electron chi connectivity index (χ3n) is 4.60. The Bertz CT molecular complexity index is 859. The maximum absolute atomic E-state index is 11.8. The van der Waals surface area contributed by atoms with E-state index in [1.165, 1.54) is 18.2 Å². The molecule has 0 spiro atoms. The van der Waals surface area contributed by atoms with Gasteiger partial charge in [-0.1, -0.05) is 12.1 Å². The Labute approximate surface area is 178 Å². The predicted molar refractivity (Wildman–Crippen MR) is 106 cm³/mol. The lowest BCUT2D eigenvalue weighted by molar-refractivity contribution is -0.298.